The highest BCUT2D eigenvalue weighted by molar-refractivity contribution is 6.29. The van der Waals surface area contributed by atoms with Crippen molar-refractivity contribution >= 4 is 17.3 Å². The molecule has 0 saturated carbocycles. The second kappa shape index (κ2) is 4.16. The topological polar surface area (TPSA) is 48.1 Å². The fourth-order valence-electron chi connectivity index (χ4n) is 0.772. The average molecular weight is 187 g/mol. The van der Waals surface area contributed by atoms with Crippen LogP contribution in [0.3, 0.4) is 0 Å². The van der Waals surface area contributed by atoms with E-state index < -0.39 is 0 Å². The predicted octanol–water partition coefficient (Wildman–Crippen LogP) is 2.11. The molecule has 0 saturated heterocycles. The van der Waals surface area contributed by atoms with E-state index in [1.54, 1.807) is 12.1 Å². The number of anilines is 1. The van der Waals surface area contributed by atoms with Gasteiger partial charge < -0.3 is 10.5 Å². The summed E-state index contributed by atoms with van der Waals surface area (Å²) in [6.07, 6.45) is 0.939. The molecule has 66 valence electrons. The Bertz CT molecular complexity index is 245. The van der Waals surface area contributed by atoms with Gasteiger partial charge >= 0.3 is 0 Å². The SMILES string of the molecule is CCCOc1cc(N)cc(Cl)n1. The summed E-state index contributed by atoms with van der Waals surface area (Å²) in [5, 5.41) is 0.362. The molecule has 0 amide bonds. The summed E-state index contributed by atoms with van der Waals surface area (Å²) >= 11 is 5.66. The molecule has 0 aromatic carbocycles. The molecule has 1 aromatic rings. The Hall–Kier alpha value is -0.960. The van der Waals surface area contributed by atoms with Crippen molar-refractivity contribution in [1.29, 1.82) is 0 Å². The number of aromatic nitrogens is 1. The van der Waals surface area contributed by atoms with E-state index in [0.717, 1.165) is 6.42 Å². The van der Waals surface area contributed by atoms with Crippen LogP contribution in [0.25, 0.3) is 0 Å². The monoisotopic (exact) mass is 186 g/mol. The molecule has 0 spiro atoms. The molecular weight excluding hydrogens is 176 g/mol. The van der Waals surface area contributed by atoms with Gasteiger partial charge in [-0.2, -0.15) is 0 Å². The van der Waals surface area contributed by atoms with Gasteiger partial charge in [0.15, 0.2) is 0 Å². The maximum absolute atomic E-state index is 5.66. The van der Waals surface area contributed by atoms with E-state index in [9.17, 15) is 0 Å². The standard InChI is InChI=1S/C8H11ClN2O/c1-2-3-12-8-5-6(10)4-7(9)11-8/h4-5H,2-3H2,1H3,(H2,10,11). The first-order valence-corrected chi connectivity index (χ1v) is 4.16. The molecule has 4 heteroatoms. The van der Waals surface area contributed by atoms with Crippen molar-refractivity contribution in [3.63, 3.8) is 0 Å². The summed E-state index contributed by atoms with van der Waals surface area (Å²) in [5.74, 6) is 0.488. The summed E-state index contributed by atoms with van der Waals surface area (Å²) in [6, 6.07) is 3.24. The molecule has 1 heterocycles. The molecule has 0 aliphatic heterocycles. The first-order chi connectivity index (χ1) is 5.72. The number of ether oxygens (including phenoxy) is 1. The van der Waals surface area contributed by atoms with Crippen LogP contribution in [0.1, 0.15) is 13.3 Å². The minimum Gasteiger partial charge on any atom is -0.478 e. The molecule has 0 aliphatic carbocycles. The summed E-state index contributed by atoms with van der Waals surface area (Å²) < 4.78 is 5.24. The van der Waals surface area contributed by atoms with E-state index in [1.807, 2.05) is 6.92 Å². The fourth-order valence-corrected chi connectivity index (χ4v) is 0.981. The van der Waals surface area contributed by atoms with Crippen molar-refractivity contribution in [2.45, 2.75) is 13.3 Å². The minimum atomic E-state index is 0.362. The molecule has 12 heavy (non-hydrogen) atoms. The number of pyridine rings is 1. The van der Waals surface area contributed by atoms with Gasteiger partial charge in [0.1, 0.15) is 5.15 Å². The van der Waals surface area contributed by atoms with Gasteiger partial charge in [-0.15, -0.1) is 0 Å². The highest BCUT2D eigenvalue weighted by atomic mass is 35.5. The van der Waals surface area contributed by atoms with Gasteiger partial charge in [-0.05, 0) is 12.5 Å². The third-order valence-electron chi connectivity index (χ3n) is 1.25. The smallest absolute Gasteiger partial charge is 0.216 e. The van der Waals surface area contributed by atoms with Gasteiger partial charge in [0, 0.05) is 11.8 Å². The summed E-state index contributed by atoms with van der Waals surface area (Å²) in [5.41, 5.74) is 6.10. The zero-order valence-corrected chi connectivity index (χ0v) is 7.64. The van der Waals surface area contributed by atoms with Gasteiger partial charge in [0.25, 0.3) is 0 Å². The molecule has 1 rings (SSSR count). The van der Waals surface area contributed by atoms with Crippen LogP contribution >= 0.6 is 11.6 Å². The zero-order valence-electron chi connectivity index (χ0n) is 6.88. The molecular formula is C8H11ClN2O. The van der Waals surface area contributed by atoms with Gasteiger partial charge in [0.05, 0.1) is 6.61 Å². The van der Waals surface area contributed by atoms with Crippen molar-refractivity contribution in [2.24, 2.45) is 0 Å². The molecule has 0 atom stereocenters. The van der Waals surface area contributed by atoms with Crippen LogP contribution in [-0.2, 0) is 0 Å². The number of rotatable bonds is 3. The minimum absolute atomic E-state index is 0.362. The lowest BCUT2D eigenvalue weighted by Crippen LogP contribution is -1.98. The van der Waals surface area contributed by atoms with Gasteiger partial charge in [-0.25, -0.2) is 4.98 Å². The molecule has 2 N–H and O–H groups in total. The third kappa shape index (κ3) is 2.58. The number of hydrogen-bond acceptors (Lipinski definition) is 3. The van der Waals surface area contributed by atoms with Crippen molar-refractivity contribution in [2.75, 3.05) is 12.3 Å². The molecule has 0 unspecified atom stereocenters. The van der Waals surface area contributed by atoms with Gasteiger partial charge in [-0.3, -0.25) is 0 Å². The highest BCUT2D eigenvalue weighted by Gasteiger charge is 1.98. The Morgan fingerprint density at radius 2 is 2.33 bits per heavy atom. The maximum atomic E-state index is 5.66. The lowest BCUT2D eigenvalue weighted by Gasteiger charge is -2.03. The second-order valence-electron chi connectivity index (χ2n) is 2.41. The van der Waals surface area contributed by atoms with E-state index in [-0.39, 0.29) is 0 Å². The number of nitrogens with zero attached hydrogens (tertiary/aromatic N) is 1. The van der Waals surface area contributed by atoms with E-state index in [2.05, 4.69) is 4.98 Å². The van der Waals surface area contributed by atoms with Crippen molar-refractivity contribution in [3.8, 4) is 5.88 Å². The zero-order chi connectivity index (χ0) is 8.97. The van der Waals surface area contributed by atoms with Crippen LogP contribution in [0.4, 0.5) is 5.69 Å². The lowest BCUT2D eigenvalue weighted by molar-refractivity contribution is 0.305. The van der Waals surface area contributed by atoms with E-state index in [0.29, 0.717) is 23.3 Å². The molecule has 0 fully saturated rings. The number of halogens is 1. The Morgan fingerprint density at radius 1 is 1.58 bits per heavy atom. The van der Waals surface area contributed by atoms with Crippen molar-refractivity contribution < 1.29 is 4.74 Å². The van der Waals surface area contributed by atoms with Crippen LogP contribution in [0.2, 0.25) is 5.15 Å². The van der Waals surface area contributed by atoms with Crippen LogP contribution in [0, 0.1) is 0 Å². The first-order valence-electron chi connectivity index (χ1n) is 3.78. The number of hydrogen-bond donors (Lipinski definition) is 1. The van der Waals surface area contributed by atoms with Crippen molar-refractivity contribution in [3.05, 3.63) is 17.3 Å². The van der Waals surface area contributed by atoms with E-state index in [4.69, 9.17) is 22.1 Å². The first kappa shape index (κ1) is 9.13. The van der Waals surface area contributed by atoms with Crippen molar-refractivity contribution in [1.82, 2.24) is 4.98 Å². The maximum Gasteiger partial charge on any atom is 0.216 e. The molecule has 3 nitrogen and oxygen atoms in total. The average Bonchev–Trinajstić information content (AvgIpc) is 1.99. The molecule has 0 bridgehead atoms. The summed E-state index contributed by atoms with van der Waals surface area (Å²) in [6.45, 7) is 2.65. The number of nitrogen functional groups attached to an aromatic ring is 1. The Morgan fingerprint density at radius 3 is 2.92 bits per heavy atom. The molecule has 0 aliphatic rings. The molecule has 1 aromatic heterocycles. The van der Waals surface area contributed by atoms with Crippen LogP contribution in [-0.4, -0.2) is 11.6 Å². The highest BCUT2D eigenvalue weighted by Crippen LogP contribution is 2.17. The van der Waals surface area contributed by atoms with E-state index in [1.165, 1.54) is 0 Å². The van der Waals surface area contributed by atoms with Crippen LogP contribution in [0.5, 0.6) is 5.88 Å². The number of nitrogens with two attached hydrogens (primary N) is 1. The Balaban J connectivity index is 2.72. The van der Waals surface area contributed by atoms with E-state index >= 15 is 0 Å². The Kier molecular flexibility index (Phi) is 3.17. The quantitative estimate of drug-likeness (QED) is 0.736. The molecule has 0 radical (unpaired) electrons. The summed E-state index contributed by atoms with van der Waals surface area (Å²) in [7, 11) is 0. The third-order valence-corrected chi connectivity index (χ3v) is 1.44. The fraction of sp³-hybridized carbons (Fsp3) is 0.375. The second-order valence-corrected chi connectivity index (χ2v) is 2.80. The summed E-state index contributed by atoms with van der Waals surface area (Å²) in [4.78, 5) is 3.93. The van der Waals surface area contributed by atoms with Crippen LogP contribution < -0.4 is 10.5 Å². The van der Waals surface area contributed by atoms with Gasteiger partial charge in [-0.1, -0.05) is 18.5 Å². The normalized spacial score (nSPS) is 9.83. The lowest BCUT2D eigenvalue weighted by atomic mass is 10.4. The predicted molar refractivity (Wildman–Crippen MR) is 49.4 cm³/mol. The van der Waals surface area contributed by atoms with Gasteiger partial charge in [0.2, 0.25) is 5.88 Å². The Labute approximate surface area is 76.5 Å². The van der Waals surface area contributed by atoms with Crippen LogP contribution in [0.15, 0.2) is 12.1 Å². The largest absolute Gasteiger partial charge is 0.478 e.